The summed E-state index contributed by atoms with van der Waals surface area (Å²) in [5, 5.41) is 0. The lowest BCUT2D eigenvalue weighted by atomic mass is 9.75. The van der Waals surface area contributed by atoms with Crippen molar-refractivity contribution in [2.45, 2.75) is 47.0 Å². The molecule has 0 fully saturated rings. The summed E-state index contributed by atoms with van der Waals surface area (Å²) < 4.78 is 27.6. The van der Waals surface area contributed by atoms with Crippen molar-refractivity contribution in [3.05, 3.63) is 34.9 Å². The molecule has 1 aromatic rings. The van der Waals surface area contributed by atoms with Crippen molar-refractivity contribution in [1.82, 2.24) is 0 Å². The maximum absolute atomic E-state index is 13.9. The summed E-state index contributed by atoms with van der Waals surface area (Å²) in [5.41, 5.74) is 5.50. The fourth-order valence-corrected chi connectivity index (χ4v) is 2.55. The molecule has 0 radical (unpaired) electrons. The number of halogens is 2. The van der Waals surface area contributed by atoms with Gasteiger partial charge < -0.3 is 5.73 Å². The third-order valence-electron chi connectivity index (χ3n) is 4.02. The molecule has 0 aliphatic carbocycles. The van der Waals surface area contributed by atoms with Crippen LogP contribution in [-0.4, -0.2) is 12.3 Å². The van der Waals surface area contributed by atoms with Gasteiger partial charge >= 0.3 is 0 Å². The Hall–Kier alpha value is -1.29. The highest BCUT2D eigenvalue weighted by atomic mass is 19.1. The Kier molecular flexibility index (Phi) is 6.02. The van der Waals surface area contributed by atoms with Crippen LogP contribution >= 0.6 is 0 Å². The third-order valence-corrected chi connectivity index (χ3v) is 4.02. The van der Waals surface area contributed by atoms with Crippen LogP contribution < -0.4 is 5.73 Å². The molecule has 21 heavy (non-hydrogen) atoms. The van der Waals surface area contributed by atoms with Crippen molar-refractivity contribution in [2.24, 2.45) is 17.1 Å². The Bertz CT molecular complexity index is 506. The van der Waals surface area contributed by atoms with Crippen LogP contribution in [0, 0.1) is 29.9 Å². The van der Waals surface area contributed by atoms with Crippen LogP contribution in [0.3, 0.4) is 0 Å². The molecule has 0 aliphatic rings. The zero-order valence-electron chi connectivity index (χ0n) is 13.3. The van der Waals surface area contributed by atoms with Crippen LogP contribution in [0.2, 0.25) is 0 Å². The molecule has 0 aliphatic heterocycles. The number of nitrogens with two attached hydrogens (primary N) is 1. The number of carbonyl (C=O) groups is 1. The van der Waals surface area contributed by atoms with Gasteiger partial charge in [0.2, 0.25) is 0 Å². The smallest absolute Gasteiger partial charge is 0.168 e. The van der Waals surface area contributed by atoms with Gasteiger partial charge in [-0.2, -0.15) is 0 Å². The highest BCUT2D eigenvalue weighted by Crippen LogP contribution is 2.32. The summed E-state index contributed by atoms with van der Waals surface area (Å²) in [6.45, 7) is 8.34. The molecule has 1 rings (SSSR count). The molecule has 1 aromatic carbocycles. The zero-order chi connectivity index (χ0) is 16.2. The van der Waals surface area contributed by atoms with Crippen molar-refractivity contribution in [2.75, 3.05) is 6.54 Å². The molecule has 118 valence electrons. The van der Waals surface area contributed by atoms with E-state index < -0.39 is 23.0 Å². The van der Waals surface area contributed by atoms with E-state index in [4.69, 9.17) is 5.73 Å². The van der Waals surface area contributed by atoms with E-state index >= 15 is 0 Å². The number of ketones is 1. The average molecular weight is 297 g/mol. The summed E-state index contributed by atoms with van der Waals surface area (Å²) in [4.78, 5) is 12.2. The van der Waals surface area contributed by atoms with Gasteiger partial charge in [-0.3, -0.25) is 4.79 Å². The van der Waals surface area contributed by atoms with Crippen molar-refractivity contribution in [3.63, 3.8) is 0 Å². The Morgan fingerprint density at radius 1 is 1.24 bits per heavy atom. The maximum atomic E-state index is 13.9. The second-order valence-electron chi connectivity index (χ2n) is 6.66. The number of hydrogen-bond donors (Lipinski definition) is 1. The molecule has 0 saturated carbocycles. The quantitative estimate of drug-likeness (QED) is 0.798. The van der Waals surface area contributed by atoms with E-state index in [1.165, 1.54) is 13.0 Å². The van der Waals surface area contributed by atoms with Crippen molar-refractivity contribution in [3.8, 4) is 0 Å². The fraction of sp³-hybridized carbons (Fsp3) is 0.588. The minimum atomic E-state index is -0.783. The monoisotopic (exact) mass is 297 g/mol. The molecule has 0 spiro atoms. The molecule has 0 bridgehead atoms. The van der Waals surface area contributed by atoms with Gasteiger partial charge in [-0.15, -0.1) is 0 Å². The van der Waals surface area contributed by atoms with Crippen LogP contribution in [0.1, 0.15) is 56.0 Å². The van der Waals surface area contributed by atoms with Crippen molar-refractivity contribution >= 4 is 5.78 Å². The maximum Gasteiger partial charge on any atom is 0.168 e. The summed E-state index contributed by atoms with van der Waals surface area (Å²) in [6, 6.07) is 2.49. The second kappa shape index (κ2) is 7.12. The van der Waals surface area contributed by atoms with Gasteiger partial charge in [0.05, 0.1) is 5.56 Å². The van der Waals surface area contributed by atoms with Crippen LogP contribution in [0.15, 0.2) is 12.1 Å². The first-order chi connectivity index (χ1) is 9.68. The highest BCUT2D eigenvalue weighted by molar-refractivity contribution is 5.96. The van der Waals surface area contributed by atoms with E-state index in [1.807, 2.05) is 0 Å². The molecule has 1 unspecified atom stereocenters. The second-order valence-corrected chi connectivity index (χ2v) is 6.66. The van der Waals surface area contributed by atoms with Crippen molar-refractivity contribution < 1.29 is 13.6 Å². The minimum absolute atomic E-state index is 0.0172. The van der Waals surface area contributed by atoms with E-state index in [2.05, 4.69) is 20.8 Å². The SMILES string of the molecule is Cc1ccc(F)c(C(=O)CCC(CCN)C(C)(C)C)c1F. The predicted molar refractivity (Wildman–Crippen MR) is 81.3 cm³/mol. The molecular formula is C17H25F2NO. The van der Waals surface area contributed by atoms with Gasteiger partial charge in [0, 0.05) is 6.42 Å². The number of rotatable bonds is 6. The molecule has 1 atom stereocenters. The fourth-order valence-electron chi connectivity index (χ4n) is 2.55. The molecule has 2 N–H and O–H groups in total. The number of aryl methyl sites for hydroxylation is 1. The van der Waals surface area contributed by atoms with Gasteiger partial charge in [0.15, 0.2) is 5.78 Å². The van der Waals surface area contributed by atoms with Crippen LogP contribution in [0.25, 0.3) is 0 Å². The van der Waals surface area contributed by atoms with Crippen LogP contribution in [0.4, 0.5) is 8.78 Å². The first-order valence-electron chi connectivity index (χ1n) is 7.36. The number of carbonyl (C=O) groups excluding carboxylic acids is 1. The van der Waals surface area contributed by atoms with E-state index in [1.54, 1.807) is 0 Å². The standard InChI is InChI=1S/C17H25F2NO/c1-11-5-7-13(18)15(16(11)19)14(21)8-6-12(9-10-20)17(2,3)4/h5,7,12H,6,8-10,20H2,1-4H3. The molecule has 0 aromatic heterocycles. The van der Waals surface area contributed by atoms with Gasteiger partial charge in [-0.05, 0) is 49.3 Å². The van der Waals surface area contributed by atoms with Gasteiger partial charge in [0.1, 0.15) is 11.6 Å². The largest absolute Gasteiger partial charge is 0.330 e. The van der Waals surface area contributed by atoms with E-state index in [-0.39, 0.29) is 23.3 Å². The van der Waals surface area contributed by atoms with Crippen LogP contribution in [0.5, 0.6) is 0 Å². The highest BCUT2D eigenvalue weighted by Gasteiger charge is 2.26. The van der Waals surface area contributed by atoms with E-state index in [0.717, 1.165) is 12.5 Å². The predicted octanol–water partition coefficient (Wildman–Crippen LogP) is 4.25. The Morgan fingerprint density at radius 3 is 2.38 bits per heavy atom. The lowest BCUT2D eigenvalue weighted by molar-refractivity contribution is 0.0949. The summed E-state index contributed by atoms with van der Waals surface area (Å²) in [6.07, 6.45) is 1.53. The topological polar surface area (TPSA) is 43.1 Å². The lowest BCUT2D eigenvalue weighted by Crippen LogP contribution is -2.24. The number of hydrogen-bond acceptors (Lipinski definition) is 2. The molecule has 2 nitrogen and oxygen atoms in total. The first kappa shape index (κ1) is 17.8. The molecule has 0 saturated heterocycles. The molecule has 0 amide bonds. The van der Waals surface area contributed by atoms with Gasteiger partial charge in [-0.1, -0.05) is 26.8 Å². The summed E-state index contributed by atoms with van der Waals surface area (Å²) >= 11 is 0. The van der Waals surface area contributed by atoms with Gasteiger partial charge in [0.25, 0.3) is 0 Å². The summed E-state index contributed by atoms with van der Waals surface area (Å²) in [7, 11) is 0. The van der Waals surface area contributed by atoms with E-state index in [0.29, 0.717) is 13.0 Å². The molecular weight excluding hydrogens is 272 g/mol. The Balaban J connectivity index is 2.85. The average Bonchev–Trinajstić information content (AvgIpc) is 2.38. The summed E-state index contributed by atoms with van der Waals surface area (Å²) in [5.74, 6) is -1.75. The van der Waals surface area contributed by atoms with Crippen LogP contribution in [-0.2, 0) is 0 Å². The minimum Gasteiger partial charge on any atom is -0.330 e. The first-order valence-corrected chi connectivity index (χ1v) is 7.36. The lowest BCUT2D eigenvalue weighted by Gasteiger charge is -2.30. The van der Waals surface area contributed by atoms with E-state index in [9.17, 15) is 13.6 Å². The molecule has 4 heteroatoms. The Morgan fingerprint density at radius 2 is 1.86 bits per heavy atom. The van der Waals surface area contributed by atoms with Crippen molar-refractivity contribution in [1.29, 1.82) is 0 Å². The third kappa shape index (κ3) is 4.60. The zero-order valence-corrected chi connectivity index (χ0v) is 13.3. The van der Waals surface area contributed by atoms with Gasteiger partial charge in [-0.25, -0.2) is 8.78 Å². The number of Topliss-reactive ketones (excluding diaryl/α,β-unsaturated/α-hetero) is 1. The number of benzene rings is 1. The Labute approximate surface area is 125 Å². The molecule has 0 heterocycles. The normalized spacial score (nSPS) is 13.3.